The Morgan fingerprint density at radius 3 is 3.09 bits per heavy atom. The van der Waals surface area contributed by atoms with Gasteiger partial charge < -0.3 is 10.2 Å². The van der Waals surface area contributed by atoms with Gasteiger partial charge in [0.25, 0.3) is 0 Å². The first-order chi connectivity index (χ1) is 5.33. The molecule has 0 saturated heterocycles. The first-order valence-corrected chi connectivity index (χ1v) is 3.62. The molecule has 0 amide bonds. The predicted molar refractivity (Wildman–Crippen MR) is 44.3 cm³/mol. The highest BCUT2D eigenvalue weighted by molar-refractivity contribution is 5.79. The summed E-state index contributed by atoms with van der Waals surface area (Å²) in [6.07, 6.45) is 4.11. The van der Waals surface area contributed by atoms with Gasteiger partial charge in [0.15, 0.2) is 0 Å². The largest absolute Gasteiger partial charge is 0.472 e. The lowest BCUT2D eigenvalue weighted by Gasteiger charge is -1.92. The molecular formula is C8H12N2O. The fourth-order valence-electron chi connectivity index (χ4n) is 0.687. The van der Waals surface area contributed by atoms with Crippen molar-refractivity contribution in [1.82, 2.24) is 0 Å². The van der Waals surface area contributed by atoms with Crippen LogP contribution in [-0.4, -0.2) is 5.84 Å². The summed E-state index contributed by atoms with van der Waals surface area (Å²) in [4.78, 5) is 4.12. The van der Waals surface area contributed by atoms with E-state index in [0.29, 0.717) is 12.4 Å². The summed E-state index contributed by atoms with van der Waals surface area (Å²) in [6, 6.07) is 1.88. The van der Waals surface area contributed by atoms with Gasteiger partial charge in [0, 0.05) is 12.0 Å². The van der Waals surface area contributed by atoms with Gasteiger partial charge >= 0.3 is 0 Å². The van der Waals surface area contributed by atoms with Crippen LogP contribution in [0.4, 0.5) is 0 Å². The van der Waals surface area contributed by atoms with E-state index in [0.717, 1.165) is 12.0 Å². The van der Waals surface area contributed by atoms with Crippen molar-refractivity contribution in [3.8, 4) is 0 Å². The normalized spacial score (nSPS) is 11.9. The second-order valence-corrected chi connectivity index (χ2v) is 2.29. The van der Waals surface area contributed by atoms with Crippen LogP contribution in [0.2, 0.25) is 0 Å². The molecular weight excluding hydrogens is 140 g/mol. The topological polar surface area (TPSA) is 51.5 Å². The number of nitrogens with two attached hydrogens (primary N) is 1. The van der Waals surface area contributed by atoms with Crippen LogP contribution in [0.3, 0.4) is 0 Å². The smallest absolute Gasteiger partial charge is 0.0953 e. The lowest BCUT2D eigenvalue weighted by Crippen LogP contribution is -2.09. The molecule has 1 aromatic heterocycles. The van der Waals surface area contributed by atoms with Gasteiger partial charge in [0.05, 0.1) is 24.9 Å². The Bertz CT molecular complexity index is 226. The van der Waals surface area contributed by atoms with Crippen molar-refractivity contribution in [3.05, 3.63) is 24.2 Å². The summed E-state index contributed by atoms with van der Waals surface area (Å²) in [5, 5.41) is 0. The van der Waals surface area contributed by atoms with E-state index < -0.39 is 0 Å². The Hall–Kier alpha value is -1.25. The fraction of sp³-hybridized carbons (Fsp3) is 0.375. The van der Waals surface area contributed by atoms with Crippen molar-refractivity contribution in [2.45, 2.75) is 19.9 Å². The number of furan rings is 1. The van der Waals surface area contributed by atoms with Crippen LogP contribution in [0.1, 0.15) is 18.9 Å². The fourth-order valence-corrected chi connectivity index (χ4v) is 0.687. The quantitative estimate of drug-likeness (QED) is 0.527. The molecule has 0 radical (unpaired) electrons. The molecule has 3 heteroatoms. The third-order valence-electron chi connectivity index (χ3n) is 1.41. The van der Waals surface area contributed by atoms with E-state index >= 15 is 0 Å². The summed E-state index contributed by atoms with van der Waals surface area (Å²) in [5.41, 5.74) is 6.57. The highest BCUT2D eigenvalue weighted by Crippen LogP contribution is 2.01. The first-order valence-electron chi connectivity index (χ1n) is 3.62. The van der Waals surface area contributed by atoms with Gasteiger partial charge in [-0.25, -0.2) is 0 Å². The first kappa shape index (κ1) is 7.85. The van der Waals surface area contributed by atoms with E-state index in [1.165, 1.54) is 0 Å². The molecule has 0 fully saturated rings. The van der Waals surface area contributed by atoms with Gasteiger partial charge in [-0.2, -0.15) is 0 Å². The molecule has 1 aromatic rings. The van der Waals surface area contributed by atoms with Gasteiger partial charge in [-0.3, -0.25) is 4.99 Å². The molecule has 0 aliphatic rings. The summed E-state index contributed by atoms with van der Waals surface area (Å²) in [6.45, 7) is 2.60. The van der Waals surface area contributed by atoms with Gasteiger partial charge in [-0.05, 0) is 6.07 Å². The molecule has 0 atom stereocenters. The average Bonchev–Trinajstić information content (AvgIpc) is 2.52. The van der Waals surface area contributed by atoms with Crippen LogP contribution >= 0.6 is 0 Å². The highest BCUT2D eigenvalue weighted by atomic mass is 16.3. The van der Waals surface area contributed by atoms with Crippen LogP contribution in [0, 0.1) is 0 Å². The molecule has 11 heavy (non-hydrogen) atoms. The van der Waals surface area contributed by atoms with Crippen molar-refractivity contribution < 1.29 is 4.42 Å². The van der Waals surface area contributed by atoms with Crippen molar-refractivity contribution >= 4 is 5.84 Å². The summed E-state index contributed by atoms with van der Waals surface area (Å²) >= 11 is 0. The zero-order valence-electron chi connectivity index (χ0n) is 6.58. The van der Waals surface area contributed by atoms with Crippen molar-refractivity contribution in [2.75, 3.05) is 0 Å². The maximum absolute atomic E-state index is 5.51. The van der Waals surface area contributed by atoms with E-state index in [4.69, 9.17) is 10.2 Å². The number of hydrogen-bond acceptors (Lipinski definition) is 2. The lowest BCUT2D eigenvalue weighted by molar-refractivity contribution is 0.564. The van der Waals surface area contributed by atoms with Crippen molar-refractivity contribution in [3.63, 3.8) is 0 Å². The van der Waals surface area contributed by atoms with E-state index in [1.807, 2.05) is 13.0 Å². The molecule has 60 valence electrons. The number of rotatable bonds is 3. The number of nitrogens with zero attached hydrogens (tertiary/aromatic N) is 1. The van der Waals surface area contributed by atoms with Gasteiger partial charge in [0.2, 0.25) is 0 Å². The maximum atomic E-state index is 5.51. The third-order valence-corrected chi connectivity index (χ3v) is 1.41. The molecule has 1 heterocycles. The molecule has 0 aromatic carbocycles. The minimum absolute atomic E-state index is 0.621. The highest BCUT2D eigenvalue weighted by Gasteiger charge is 1.91. The molecule has 3 nitrogen and oxygen atoms in total. The van der Waals surface area contributed by atoms with Crippen molar-refractivity contribution in [2.24, 2.45) is 10.7 Å². The molecule has 0 aliphatic heterocycles. The number of amidine groups is 1. The standard InChI is InChI=1S/C8H12N2O/c1-2-8(9)10-5-7-3-4-11-6-7/h3-4,6H,2,5H2,1H3,(H2,9,10). The zero-order chi connectivity index (χ0) is 8.10. The number of hydrogen-bond donors (Lipinski definition) is 1. The Morgan fingerprint density at radius 1 is 1.73 bits per heavy atom. The SMILES string of the molecule is CCC(N)=NCc1ccoc1. The Labute approximate surface area is 65.9 Å². The van der Waals surface area contributed by atoms with Gasteiger partial charge in [-0.15, -0.1) is 0 Å². The molecule has 0 unspecified atom stereocenters. The van der Waals surface area contributed by atoms with Crippen LogP contribution in [0.15, 0.2) is 28.0 Å². The van der Waals surface area contributed by atoms with Crippen molar-refractivity contribution in [1.29, 1.82) is 0 Å². The monoisotopic (exact) mass is 152 g/mol. The summed E-state index contributed by atoms with van der Waals surface area (Å²) in [7, 11) is 0. The Morgan fingerprint density at radius 2 is 2.55 bits per heavy atom. The molecule has 0 spiro atoms. The molecule has 2 N–H and O–H groups in total. The van der Waals surface area contributed by atoms with Gasteiger partial charge in [0.1, 0.15) is 0 Å². The second kappa shape index (κ2) is 3.81. The summed E-state index contributed by atoms with van der Waals surface area (Å²) in [5.74, 6) is 0.686. The minimum Gasteiger partial charge on any atom is -0.472 e. The number of aliphatic imine (C=N–C) groups is 1. The second-order valence-electron chi connectivity index (χ2n) is 2.29. The lowest BCUT2D eigenvalue weighted by atomic mass is 10.3. The Kier molecular flexibility index (Phi) is 2.72. The maximum Gasteiger partial charge on any atom is 0.0953 e. The van der Waals surface area contributed by atoms with E-state index in [9.17, 15) is 0 Å². The van der Waals surface area contributed by atoms with Crippen LogP contribution in [0.5, 0.6) is 0 Å². The molecule has 0 bridgehead atoms. The van der Waals surface area contributed by atoms with E-state index in [1.54, 1.807) is 12.5 Å². The van der Waals surface area contributed by atoms with Crippen LogP contribution < -0.4 is 5.73 Å². The van der Waals surface area contributed by atoms with Crippen LogP contribution in [-0.2, 0) is 6.54 Å². The van der Waals surface area contributed by atoms with Gasteiger partial charge in [-0.1, -0.05) is 6.92 Å². The van der Waals surface area contributed by atoms with E-state index in [2.05, 4.69) is 4.99 Å². The predicted octanol–water partition coefficient (Wildman–Crippen LogP) is 1.55. The third kappa shape index (κ3) is 2.45. The molecule has 0 saturated carbocycles. The minimum atomic E-state index is 0.621. The average molecular weight is 152 g/mol. The molecule has 0 aliphatic carbocycles. The van der Waals surface area contributed by atoms with Crippen LogP contribution in [0.25, 0.3) is 0 Å². The Balaban J connectivity index is 2.45. The molecule has 1 rings (SSSR count). The zero-order valence-corrected chi connectivity index (χ0v) is 6.58. The summed E-state index contributed by atoms with van der Waals surface area (Å²) < 4.78 is 4.87. The van der Waals surface area contributed by atoms with E-state index in [-0.39, 0.29) is 0 Å².